The van der Waals surface area contributed by atoms with Crippen molar-refractivity contribution in [3.8, 4) is 11.8 Å². The summed E-state index contributed by atoms with van der Waals surface area (Å²) in [5.41, 5.74) is 0.994. The predicted molar refractivity (Wildman–Crippen MR) is 98.1 cm³/mol. The zero-order valence-corrected chi connectivity index (χ0v) is 14.7. The fraction of sp³-hybridized carbons (Fsp3) is 0.158. The second kappa shape index (κ2) is 9.59. The van der Waals surface area contributed by atoms with Crippen molar-refractivity contribution in [2.45, 2.75) is 17.6 Å². The molecule has 4 nitrogen and oxygen atoms in total. The van der Waals surface area contributed by atoms with Crippen LogP contribution < -0.4 is 10.1 Å². The molecule has 0 fully saturated rings. The number of amides is 1. The zero-order valence-electron chi connectivity index (χ0n) is 13.9. The molecule has 0 saturated carbocycles. The molecule has 0 unspecified atom stereocenters. The second-order valence-corrected chi connectivity index (χ2v) is 6.10. The molecule has 0 saturated heterocycles. The molecule has 0 radical (unpaired) electrons. The lowest BCUT2D eigenvalue weighted by atomic mass is 10.1. The molecule has 0 atom stereocenters. The number of nitriles is 1. The minimum Gasteiger partial charge on any atom is -0.494 e. The molecular formula is C19H16F2N2O2S. The van der Waals surface area contributed by atoms with Crippen LogP contribution in [0.2, 0.25) is 0 Å². The first kappa shape index (κ1) is 19.5. The van der Waals surface area contributed by atoms with E-state index in [2.05, 4.69) is 5.32 Å². The second-order valence-electron chi connectivity index (χ2n) is 5.03. The molecule has 26 heavy (non-hydrogen) atoms. The Morgan fingerprint density at radius 3 is 2.65 bits per heavy atom. The zero-order chi connectivity index (χ0) is 18.9. The van der Waals surface area contributed by atoms with E-state index in [9.17, 15) is 18.8 Å². The first-order chi connectivity index (χ1) is 12.5. The number of hydrogen-bond donors (Lipinski definition) is 1. The monoisotopic (exact) mass is 374 g/mol. The topological polar surface area (TPSA) is 62.1 Å². The molecule has 2 aromatic rings. The van der Waals surface area contributed by atoms with E-state index in [-0.39, 0.29) is 5.57 Å². The minimum atomic E-state index is -2.50. The lowest BCUT2D eigenvalue weighted by Crippen LogP contribution is -2.13. The SMILES string of the molecule is CCOc1cccc(/C=C(\C#N)C(=O)Nc2ccc(SC(F)F)cc2)c1. The highest BCUT2D eigenvalue weighted by molar-refractivity contribution is 7.99. The van der Waals surface area contributed by atoms with Crippen molar-refractivity contribution in [1.82, 2.24) is 0 Å². The Labute approximate surface area is 154 Å². The number of rotatable bonds is 7. The Morgan fingerprint density at radius 1 is 1.31 bits per heavy atom. The maximum absolute atomic E-state index is 12.3. The Hall–Kier alpha value is -2.85. The lowest BCUT2D eigenvalue weighted by Gasteiger charge is -2.06. The molecule has 0 aliphatic carbocycles. The van der Waals surface area contributed by atoms with Gasteiger partial charge in [-0.05, 0) is 55.0 Å². The van der Waals surface area contributed by atoms with Crippen molar-refractivity contribution in [3.63, 3.8) is 0 Å². The van der Waals surface area contributed by atoms with Gasteiger partial charge in [-0.2, -0.15) is 14.0 Å². The van der Waals surface area contributed by atoms with E-state index in [0.29, 0.717) is 40.3 Å². The summed E-state index contributed by atoms with van der Waals surface area (Å²) in [5.74, 6) is -2.44. The van der Waals surface area contributed by atoms with E-state index >= 15 is 0 Å². The molecule has 0 aromatic heterocycles. The molecule has 0 aliphatic heterocycles. The molecule has 134 valence electrons. The van der Waals surface area contributed by atoms with Crippen LogP contribution in [0, 0.1) is 11.3 Å². The van der Waals surface area contributed by atoms with Crippen molar-refractivity contribution in [2.75, 3.05) is 11.9 Å². The summed E-state index contributed by atoms with van der Waals surface area (Å²) in [6.45, 7) is 2.38. The standard InChI is InChI=1S/C19H16F2N2O2S/c1-2-25-16-5-3-4-13(11-16)10-14(12-22)18(24)23-15-6-8-17(9-7-15)26-19(20)21/h3-11,19H,2H2,1H3,(H,23,24)/b14-10+. The van der Waals surface area contributed by atoms with Crippen LogP contribution in [-0.4, -0.2) is 18.3 Å². The fourth-order valence-corrected chi connectivity index (χ4v) is 2.59. The van der Waals surface area contributed by atoms with Gasteiger partial charge in [-0.1, -0.05) is 23.9 Å². The van der Waals surface area contributed by atoms with Gasteiger partial charge in [0, 0.05) is 10.6 Å². The number of carbonyl (C=O) groups excluding carboxylic acids is 1. The van der Waals surface area contributed by atoms with Crippen LogP contribution in [0.25, 0.3) is 6.08 Å². The molecule has 2 rings (SSSR count). The lowest BCUT2D eigenvalue weighted by molar-refractivity contribution is -0.112. The predicted octanol–water partition coefficient (Wildman–Crippen LogP) is 4.95. The third-order valence-electron chi connectivity index (χ3n) is 3.18. The van der Waals surface area contributed by atoms with Gasteiger partial charge in [0.05, 0.1) is 6.61 Å². The van der Waals surface area contributed by atoms with Gasteiger partial charge < -0.3 is 10.1 Å². The number of halogens is 2. The largest absolute Gasteiger partial charge is 0.494 e. The van der Waals surface area contributed by atoms with Crippen LogP contribution in [0.15, 0.2) is 59.0 Å². The Kier molecular flexibility index (Phi) is 7.18. The summed E-state index contributed by atoms with van der Waals surface area (Å²) >= 11 is 0.422. The fourth-order valence-electron chi connectivity index (χ4n) is 2.09. The number of ether oxygens (including phenoxy) is 1. The Morgan fingerprint density at radius 2 is 2.04 bits per heavy atom. The van der Waals surface area contributed by atoms with Crippen molar-refractivity contribution in [1.29, 1.82) is 5.26 Å². The van der Waals surface area contributed by atoms with Gasteiger partial charge in [0.2, 0.25) is 0 Å². The highest BCUT2D eigenvalue weighted by Gasteiger charge is 2.11. The van der Waals surface area contributed by atoms with Crippen LogP contribution in [-0.2, 0) is 4.79 Å². The van der Waals surface area contributed by atoms with Gasteiger partial charge in [0.15, 0.2) is 0 Å². The van der Waals surface area contributed by atoms with E-state index in [1.165, 1.54) is 30.3 Å². The highest BCUT2D eigenvalue weighted by Crippen LogP contribution is 2.26. The number of carbonyl (C=O) groups is 1. The van der Waals surface area contributed by atoms with Gasteiger partial charge in [-0.15, -0.1) is 0 Å². The first-order valence-corrected chi connectivity index (χ1v) is 8.60. The van der Waals surface area contributed by atoms with Crippen molar-refractivity contribution < 1.29 is 18.3 Å². The summed E-state index contributed by atoms with van der Waals surface area (Å²) in [5, 5.41) is 11.8. The van der Waals surface area contributed by atoms with Gasteiger partial charge in [0.25, 0.3) is 11.7 Å². The molecule has 2 aromatic carbocycles. The molecular weight excluding hydrogens is 358 g/mol. The molecule has 1 amide bonds. The summed E-state index contributed by atoms with van der Waals surface area (Å²) in [6, 6.07) is 14.9. The maximum Gasteiger partial charge on any atom is 0.288 e. The number of hydrogen-bond acceptors (Lipinski definition) is 4. The quantitative estimate of drug-likeness (QED) is 0.423. The van der Waals surface area contributed by atoms with E-state index in [1.807, 2.05) is 13.0 Å². The Balaban J connectivity index is 2.11. The third-order valence-corrected chi connectivity index (χ3v) is 3.91. The molecule has 0 spiro atoms. The maximum atomic E-state index is 12.3. The van der Waals surface area contributed by atoms with E-state index in [4.69, 9.17) is 4.74 Å². The van der Waals surface area contributed by atoms with Crippen molar-refractivity contribution in [2.24, 2.45) is 0 Å². The van der Waals surface area contributed by atoms with Gasteiger partial charge >= 0.3 is 0 Å². The van der Waals surface area contributed by atoms with E-state index < -0.39 is 11.7 Å². The van der Waals surface area contributed by atoms with Gasteiger partial charge in [-0.3, -0.25) is 4.79 Å². The Bertz CT molecular complexity index is 830. The van der Waals surface area contributed by atoms with Gasteiger partial charge in [0.1, 0.15) is 17.4 Å². The van der Waals surface area contributed by atoms with Crippen LogP contribution in [0.1, 0.15) is 12.5 Å². The number of nitrogens with one attached hydrogen (secondary N) is 1. The smallest absolute Gasteiger partial charge is 0.288 e. The van der Waals surface area contributed by atoms with Crippen molar-refractivity contribution in [3.05, 3.63) is 59.7 Å². The van der Waals surface area contributed by atoms with Crippen LogP contribution >= 0.6 is 11.8 Å². The summed E-state index contributed by atoms with van der Waals surface area (Å²) in [6.07, 6.45) is 1.46. The number of benzene rings is 2. The summed E-state index contributed by atoms with van der Waals surface area (Å²) in [4.78, 5) is 12.7. The average Bonchev–Trinajstić information content (AvgIpc) is 2.61. The average molecular weight is 374 g/mol. The minimum absolute atomic E-state index is 0.0790. The number of anilines is 1. The molecule has 0 bridgehead atoms. The number of thioether (sulfide) groups is 1. The van der Waals surface area contributed by atoms with Crippen LogP contribution in [0.5, 0.6) is 5.75 Å². The van der Waals surface area contributed by atoms with Crippen LogP contribution in [0.3, 0.4) is 0 Å². The van der Waals surface area contributed by atoms with E-state index in [0.717, 1.165) is 0 Å². The molecule has 0 aliphatic rings. The number of alkyl halides is 2. The summed E-state index contributed by atoms with van der Waals surface area (Å²) in [7, 11) is 0. The normalized spacial score (nSPS) is 11.1. The first-order valence-electron chi connectivity index (χ1n) is 7.72. The molecule has 0 heterocycles. The van der Waals surface area contributed by atoms with Gasteiger partial charge in [-0.25, -0.2) is 0 Å². The number of nitrogens with zero attached hydrogens (tertiary/aromatic N) is 1. The molecule has 7 heteroatoms. The van der Waals surface area contributed by atoms with E-state index in [1.54, 1.807) is 24.3 Å². The summed E-state index contributed by atoms with van der Waals surface area (Å²) < 4.78 is 30.0. The third kappa shape index (κ3) is 5.90. The van der Waals surface area contributed by atoms with Crippen molar-refractivity contribution >= 4 is 29.4 Å². The van der Waals surface area contributed by atoms with Crippen LogP contribution in [0.4, 0.5) is 14.5 Å². The molecule has 1 N–H and O–H groups in total. The highest BCUT2D eigenvalue weighted by atomic mass is 32.2.